The third-order valence-electron chi connectivity index (χ3n) is 4.88. The van der Waals surface area contributed by atoms with Gasteiger partial charge in [0.15, 0.2) is 0 Å². The van der Waals surface area contributed by atoms with Crippen molar-refractivity contribution in [3.63, 3.8) is 0 Å². The van der Waals surface area contributed by atoms with Crippen LogP contribution in [0.4, 0.5) is 5.69 Å². The number of anilines is 1. The van der Waals surface area contributed by atoms with E-state index in [9.17, 15) is 4.79 Å². The van der Waals surface area contributed by atoms with E-state index in [2.05, 4.69) is 40.6 Å². The van der Waals surface area contributed by atoms with E-state index >= 15 is 0 Å². The summed E-state index contributed by atoms with van der Waals surface area (Å²) in [5.41, 5.74) is 9.48. The smallest absolute Gasteiger partial charge is 0.220 e. The molecule has 0 spiro atoms. The minimum atomic E-state index is -0.170. The Balaban J connectivity index is 1.55. The van der Waals surface area contributed by atoms with E-state index in [1.54, 1.807) is 0 Å². The molecule has 0 aromatic heterocycles. The van der Waals surface area contributed by atoms with Crippen molar-refractivity contribution in [3.05, 3.63) is 65.2 Å². The highest BCUT2D eigenvalue weighted by Gasteiger charge is 2.22. The number of hydrogen-bond acceptors (Lipinski definition) is 4. The number of carbonyl (C=O) groups excluding carboxylic acids is 1. The number of nitrogens with zero attached hydrogens (tertiary/aromatic N) is 2. The number of hydrogen-bond donors (Lipinski definition) is 2. The van der Waals surface area contributed by atoms with Gasteiger partial charge in [-0.1, -0.05) is 24.3 Å². The number of nitriles is 1. The van der Waals surface area contributed by atoms with E-state index < -0.39 is 0 Å². The van der Waals surface area contributed by atoms with Gasteiger partial charge in [-0.05, 0) is 61.3 Å². The summed E-state index contributed by atoms with van der Waals surface area (Å²) in [6.07, 6.45) is 1.70. The predicted octanol–water partition coefficient (Wildman–Crippen LogP) is 2.87. The summed E-state index contributed by atoms with van der Waals surface area (Å²) in [7, 11) is 0. The fourth-order valence-electron chi connectivity index (χ4n) is 3.37. The van der Waals surface area contributed by atoms with Gasteiger partial charge in [-0.15, -0.1) is 0 Å². The van der Waals surface area contributed by atoms with E-state index in [0.717, 1.165) is 43.7 Å². The molecule has 5 heteroatoms. The van der Waals surface area contributed by atoms with Crippen LogP contribution in [0.5, 0.6) is 0 Å². The van der Waals surface area contributed by atoms with Crippen LogP contribution in [-0.2, 0) is 17.9 Å². The maximum atomic E-state index is 11.3. The molecule has 0 bridgehead atoms. The molecule has 2 aromatic rings. The Hall–Kier alpha value is -2.84. The molecule has 1 aliphatic rings. The SMILES string of the molecule is N#Cc1cccc(CNc2cccc(CN3CCC(C(N)=O)CC3)c2)c1. The first-order valence-corrected chi connectivity index (χ1v) is 8.97. The summed E-state index contributed by atoms with van der Waals surface area (Å²) >= 11 is 0. The fraction of sp³-hybridized carbons (Fsp3) is 0.333. The molecule has 26 heavy (non-hydrogen) atoms. The van der Waals surface area contributed by atoms with Gasteiger partial charge < -0.3 is 11.1 Å². The van der Waals surface area contributed by atoms with Gasteiger partial charge in [-0.2, -0.15) is 5.26 Å². The van der Waals surface area contributed by atoms with Gasteiger partial charge in [-0.3, -0.25) is 9.69 Å². The summed E-state index contributed by atoms with van der Waals surface area (Å²) in [6, 6.07) is 18.2. The molecular formula is C21H24N4O. The van der Waals surface area contributed by atoms with Crippen LogP contribution >= 0.6 is 0 Å². The molecule has 3 N–H and O–H groups in total. The zero-order chi connectivity index (χ0) is 18.4. The van der Waals surface area contributed by atoms with Crippen LogP contribution in [0, 0.1) is 17.2 Å². The van der Waals surface area contributed by atoms with Crippen molar-refractivity contribution in [1.82, 2.24) is 4.90 Å². The van der Waals surface area contributed by atoms with Crippen LogP contribution in [-0.4, -0.2) is 23.9 Å². The molecule has 0 radical (unpaired) electrons. The summed E-state index contributed by atoms with van der Waals surface area (Å²) in [5.74, 6) is -0.139. The molecule has 1 aliphatic heterocycles. The molecule has 1 saturated heterocycles. The summed E-state index contributed by atoms with van der Waals surface area (Å²) < 4.78 is 0. The van der Waals surface area contributed by atoms with Gasteiger partial charge in [0.1, 0.15) is 0 Å². The molecule has 0 unspecified atom stereocenters. The van der Waals surface area contributed by atoms with Gasteiger partial charge >= 0.3 is 0 Å². The zero-order valence-corrected chi connectivity index (χ0v) is 14.8. The highest BCUT2D eigenvalue weighted by molar-refractivity contribution is 5.76. The minimum absolute atomic E-state index is 0.0309. The molecule has 1 amide bonds. The molecule has 1 fully saturated rings. The van der Waals surface area contributed by atoms with Crippen LogP contribution in [0.2, 0.25) is 0 Å². The lowest BCUT2D eigenvalue weighted by molar-refractivity contribution is -0.123. The van der Waals surface area contributed by atoms with Gasteiger partial charge in [0, 0.05) is 24.7 Å². The zero-order valence-electron chi connectivity index (χ0n) is 14.8. The average molecular weight is 348 g/mol. The first kappa shape index (κ1) is 18.0. The van der Waals surface area contributed by atoms with E-state index in [4.69, 9.17) is 11.0 Å². The van der Waals surface area contributed by atoms with Gasteiger partial charge in [0.05, 0.1) is 11.6 Å². The number of likely N-dealkylation sites (tertiary alicyclic amines) is 1. The Kier molecular flexibility index (Phi) is 5.88. The third-order valence-corrected chi connectivity index (χ3v) is 4.88. The fourth-order valence-corrected chi connectivity index (χ4v) is 3.37. The number of nitrogens with one attached hydrogen (secondary N) is 1. The van der Waals surface area contributed by atoms with E-state index in [1.807, 2.05) is 24.3 Å². The molecular weight excluding hydrogens is 324 g/mol. The van der Waals surface area contributed by atoms with Crippen molar-refractivity contribution in [2.75, 3.05) is 18.4 Å². The lowest BCUT2D eigenvalue weighted by Crippen LogP contribution is -2.38. The number of carbonyl (C=O) groups is 1. The first-order valence-electron chi connectivity index (χ1n) is 8.97. The molecule has 134 valence electrons. The Morgan fingerprint density at radius 3 is 2.62 bits per heavy atom. The molecule has 1 heterocycles. The minimum Gasteiger partial charge on any atom is -0.381 e. The third kappa shape index (κ3) is 4.84. The van der Waals surface area contributed by atoms with Crippen molar-refractivity contribution in [1.29, 1.82) is 5.26 Å². The average Bonchev–Trinajstić information content (AvgIpc) is 2.67. The number of amides is 1. The number of primary amides is 1. The first-order chi connectivity index (χ1) is 12.6. The van der Waals surface area contributed by atoms with Crippen molar-refractivity contribution in [3.8, 4) is 6.07 Å². The Morgan fingerprint density at radius 2 is 1.88 bits per heavy atom. The topological polar surface area (TPSA) is 82.2 Å². The van der Waals surface area contributed by atoms with Crippen LogP contribution < -0.4 is 11.1 Å². The predicted molar refractivity (Wildman–Crippen MR) is 102 cm³/mol. The second kappa shape index (κ2) is 8.50. The summed E-state index contributed by atoms with van der Waals surface area (Å²) in [4.78, 5) is 13.6. The highest BCUT2D eigenvalue weighted by atomic mass is 16.1. The van der Waals surface area contributed by atoms with E-state index in [1.165, 1.54) is 5.56 Å². The highest BCUT2D eigenvalue weighted by Crippen LogP contribution is 2.20. The van der Waals surface area contributed by atoms with Crippen LogP contribution in [0.15, 0.2) is 48.5 Å². The van der Waals surface area contributed by atoms with Gasteiger partial charge in [-0.25, -0.2) is 0 Å². The van der Waals surface area contributed by atoms with Crippen LogP contribution in [0.25, 0.3) is 0 Å². The molecule has 2 aromatic carbocycles. The molecule has 0 aliphatic carbocycles. The lowest BCUT2D eigenvalue weighted by Gasteiger charge is -2.30. The van der Waals surface area contributed by atoms with E-state index in [-0.39, 0.29) is 11.8 Å². The summed E-state index contributed by atoms with van der Waals surface area (Å²) in [5, 5.41) is 12.4. The summed E-state index contributed by atoms with van der Waals surface area (Å²) in [6.45, 7) is 3.38. The largest absolute Gasteiger partial charge is 0.381 e. The van der Waals surface area contributed by atoms with Crippen molar-refractivity contribution >= 4 is 11.6 Å². The maximum absolute atomic E-state index is 11.3. The Labute approximate surface area is 154 Å². The molecule has 5 nitrogen and oxygen atoms in total. The second-order valence-corrected chi connectivity index (χ2v) is 6.82. The van der Waals surface area contributed by atoms with Crippen molar-refractivity contribution in [2.45, 2.75) is 25.9 Å². The van der Waals surface area contributed by atoms with Gasteiger partial charge in [0.25, 0.3) is 0 Å². The normalized spacial score (nSPS) is 15.3. The quantitative estimate of drug-likeness (QED) is 0.841. The standard InChI is InChI=1S/C21H24N4O/c22-13-16-3-1-4-17(11-16)14-24-20-6-2-5-18(12-20)15-25-9-7-19(8-10-25)21(23)26/h1-6,11-12,19,24H,7-10,14-15H2,(H2,23,26). The number of rotatable bonds is 6. The van der Waals surface area contributed by atoms with Crippen molar-refractivity contribution < 1.29 is 4.79 Å². The van der Waals surface area contributed by atoms with Crippen LogP contribution in [0.3, 0.4) is 0 Å². The van der Waals surface area contributed by atoms with E-state index in [0.29, 0.717) is 12.1 Å². The monoisotopic (exact) mass is 348 g/mol. The van der Waals surface area contributed by atoms with Crippen molar-refractivity contribution in [2.24, 2.45) is 11.7 Å². The Bertz CT molecular complexity index is 804. The lowest BCUT2D eigenvalue weighted by atomic mass is 9.96. The number of benzene rings is 2. The van der Waals surface area contributed by atoms with Crippen LogP contribution in [0.1, 0.15) is 29.5 Å². The molecule has 3 rings (SSSR count). The maximum Gasteiger partial charge on any atom is 0.220 e. The second-order valence-electron chi connectivity index (χ2n) is 6.82. The van der Waals surface area contributed by atoms with Gasteiger partial charge in [0.2, 0.25) is 5.91 Å². The molecule has 0 saturated carbocycles. The number of piperidine rings is 1. The Morgan fingerprint density at radius 1 is 1.15 bits per heavy atom. The number of nitrogens with two attached hydrogens (primary N) is 1. The molecule has 0 atom stereocenters.